The van der Waals surface area contributed by atoms with Gasteiger partial charge in [0.15, 0.2) is 11.5 Å². The van der Waals surface area contributed by atoms with Crippen molar-refractivity contribution in [1.29, 1.82) is 0 Å². The highest BCUT2D eigenvalue weighted by molar-refractivity contribution is 7.10. The molecule has 3 aromatic heterocycles. The first-order valence-electron chi connectivity index (χ1n) is 8.65. The van der Waals surface area contributed by atoms with E-state index in [0.29, 0.717) is 5.92 Å². The second-order valence-electron chi connectivity index (χ2n) is 6.17. The quantitative estimate of drug-likeness (QED) is 0.678. The van der Waals surface area contributed by atoms with Crippen molar-refractivity contribution >= 4 is 39.8 Å². The largest absolute Gasteiger partial charge is 0.328 e. The summed E-state index contributed by atoms with van der Waals surface area (Å²) in [6.45, 7) is 4.07. The van der Waals surface area contributed by atoms with E-state index in [1.807, 2.05) is 36.0 Å². The summed E-state index contributed by atoms with van der Waals surface area (Å²) in [7, 11) is 1.77. The molecule has 1 fully saturated rings. The molecule has 26 heavy (non-hydrogen) atoms. The average Bonchev–Trinajstić information content (AvgIpc) is 3.40. The van der Waals surface area contributed by atoms with Crippen LogP contribution in [-0.4, -0.2) is 45.1 Å². The Balaban J connectivity index is 1.64. The molecule has 0 saturated carbocycles. The third-order valence-electron chi connectivity index (χ3n) is 4.55. The highest BCUT2D eigenvalue weighted by Crippen LogP contribution is 2.29. The standard InChI is InChI=1S/C18H21N7S/c1-3-12(9-19-2)15-11-22-18-17(21-6-7-25(15)18)23-16-8-14(24-26-16)13-4-5-20-10-13/h3,6-9,11,13,20H,4-5,10H2,1-2H3,(H,21,23)/b12-3+,19-9?. The lowest BCUT2D eigenvalue weighted by Crippen LogP contribution is -2.07. The van der Waals surface area contributed by atoms with Crippen LogP contribution in [-0.2, 0) is 0 Å². The summed E-state index contributed by atoms with van der Waals surface area (Å²) in [5.41, 5.74) is 3.93. The summed E-state index contributed by atoms with van der Waals surface area (Å²) < 4.78 is 6.63. The number of aromatic nitrogens is 4. The van der Waals surface area contributed by atoms with E-state index in [1.165, 1.54) is 11.5 Å². The van der Waals surface area contributed by atoms with Crippen molar-refractivity contribution in [1.82, 2.24) is 24.1 Å². The minimum absolute atomic E-state index is 0.508. The molecule has 8 heteroatoms. The van der Waals surface area contributed by atoms with Gasteiger partial charge in [0, 0.05) is 43.7 Å². The second-order valence-corrected chi connectivity index (χ2v) is 6.98. The molecule has 1 aliphatic rings. The fourth-order valence-electron chi connectivity index (χ4n) is 3.21. The van der Waals surface area contributed by atoms with Crippen LogP contribution in [0.2, 0.25) is 0 Å². The highest BCUT2D eigenvalue weighted by atomic mass is 32.1. The zero-order valence-corrected chi connectivity index (χ0v) is 15.6. The third-order valence-corrected chi connectivity index (χ3v) is 5.27. The van der Waals surface area contributed by atoms with Crippen molar-refractivity contribution in [2.24, 2.45) is 4.99 Å². The normalized spacial score (nSPS) is 18.2. The number of allylic oxidation sites excluding steroid dienone is 2. The Labute approximate surface area is 156 Å². The van der Waals surface area contributed by atoms with Gasteiger partial charge in [-0.2, -0.15) is 4.37 Å². The topological polar surface area (TPSA) is 79.5 Å². The lowest BCUT2D eigenvalue weighted by atomic mass is 10.1. The van der Waals surface area contributed by atoms with Crippen LogP contribution in [0.3, 0.4) is 0 Å². The molecule has 1 atom stereocenters. The zero-order valence-electron chi connectivity index (χ0n) is 14.8. The maximum Gasteiger partial charge on any atom is 0.180 e. The Bertz CT molecular complexity index is 963. The van der Waals surface area contributed by atoms with E-state index >= 15 is 0 Å². The number of nitrogens with zero attached hydrogens (tertiary/aromatic N) is 5. The Morgan fingerprint density at radius 2 is 2.38 bits per heavy atom. The van der Waals surface area contributed by atoms with E-state index in [1.54, 1.807) is 13.2 Å². The van der Waals surface area contributed by atoms with Crippen molar-refractivity contribution in [2.75, 3.05) is 25.5 Å². The van der Waals surface area contributed by atoms with E-state index in [9.17, 15) is 0 Å². The average molecular weight is 367 g/mol. The number of hydrogen-bond donors (Lipinski definition) is 2. The molecule has 0 spiro atoms. The lowest BCUT2D eigenvalue weighted by molar-refractivity contribution is 0.746. The number of hydrogen-bond acceptors (Lipinski definition) is 7. The van der Waals surface area contributed by atoms with Gasteiger partial charge in [-0.05, 0) is 37.5 Å². The van der Waals surface area contributed by atoms with E-state index in [0.717, 1.165) is 52.9 Å². The summed E-state index contributed by atoms with van der Waals surface area (Å²) in [5, 5.41) is 7.75. The van der Waals surface area contributed by atoms with Gasteiger partial charge in [0.1, 0.15) is 5.00 Å². The molecule has 1 unspecified atom stereocenters. The van der Waals surface area contributed by atoms with Crippen molar-refractivity contribution in [3.8, 4) is 0 Å². The molecule has 4 rings (SSSR count). The van der Waals surface area contributed by atoms with Gasteiger partial charge in [0.2, 0.25) is 0 Å². The van der Waals surface area contributed by atoms with Crippen LogP contribution in [0.4, 0.5) is 10.8 Å². The zero-order chi connectivity index (χ0) is 17.9. The van der Waals surface area contributed by atoms with Crippen LogP contribution in [0.5, 0.6) is 0 Å². The molecule has 0 amide bonds. The minimum atomic E-state index is 0.508. The van der Waals surface area contributed by atoms with E-state index in [2.05, 4.69) is 36.0 Å². The molecule has 2 N–H and O–H groups in total. The first kappa shape index (κ1) is 16.9. The Hall–Kier alpha value is -2.58. The van der Waals surface area contributed by atoms with Gasteiger partial charge in [-0.3, -0.25) is 9.39 Å². The molecule has 0 aromatic carbocycles. The second kappa shape index (κ2) is 7.35. The monoisotopic (exact) mass is 367 g/mol. The molecule has 3 aromatic rings. The number of nitrogens with one attached hydrogen (secondary N) is 2. The van der Waals surface area contributed by atoms with E-state index in [-0.39, 0.29) is 0 Å². The SMILES string of the molecule is C/C=C(\C=NC)c1cnc2c(Nc3cc(C4CCNC4)ns3)nccn12. The van der Waals surface area contributed by atoms with Crippen LogP contribution < -0.4 is 10.6 Å². The first-order chi connectivity index (χ1) is 12.8. The molecule has 4 heterocycles. The Morgan fingerprint density at radius 3 is 3.15 bits per heavy atom. The highest BCUT2D eigenvalue weighted by Gasteiger charge is 2.20. The summed E-state index contributed by atoms with van der Waals surface area (Å²) in [6.07, 6.45) is 10.5. The van der Waals surface area contributed by atoms with E-state index < -0.39 is 0 Å². The Kier molecular flexibility index (Phi) is 4.77. The maximum absolute atomic E-state index is 4.60. The van der Waals surface area contributed by atoms with Crippen LogP contribution in [0.15, 0.2) is 35.7 Å². The predicted octanol–water partition coefficient (Wildman–Crippen LogP) is 3.11. The molecule has 1 saturated heterocycles. The number of anilines is 2. The number of aliphatic imine (C=N–C) groups is 1. The fourth-order valence-corrected chi connectivity index (χ4v) is 3.93. The number of rotatable bonds is 5. The maximum atomic E-state index is 4.60. The van der Waals surface area contributed by atoms with Crippen LogP contribution >= 0.6 is 11.5 Å². The van der Waals surface area contributed by atoms with Crippen LogP contribution in [0.25, 0.3) is 11.2 Å². The fraction of sp³-hybridized carbons (Fsp3) is 0.333. The molecular formula is C18H21N7S. The van der Waals surface area contributed by atoms with Gasteiger partial charge in [0.25, 0.3) is 0 Å². The third kappa shape index (κ3) is 3.13. The smallest absolute Gasteiger partial charge is 0.180 e. The molecule has 0 bridgehead atoms. The molecule has 7 nitrogen and oxygen atoms in total. The van der Waals surface area contributed by atoms with Crippen molar-refractivity contribution in [3.05, 3.63) is 42.1 Å². The van der Waals surface area contributed by atoms with Crippen molar-refractivity contribution < 1.29 is 0 Å². The lowest BCUT2D eigenvalue weighted by Gasteiger charge is -2.06. The summed E-state index contributed by atoms with van der Waals surface area (Å²) in [4.78, 5) is 13.2. The van der Waals surface area contributed by atoms with Crippen LogP contribution in [0, 0.1) is 0 Å². The number of imidazole rings is 1. The van der Waals surface area contributed by atoms with Gasteiger partial charge < -0.3 is 10.6 Å². The molecular weight excluding hydrogens is 346 g/mol. The van der Waals surface area contributed by atoms with Gasteiger partial charge in [0.05, 0.1) is 17.6 Å². The molecule has 1 aliphatic heterocycles. The summed E-state index contributed by atoms with van der Waals surface area (Å²) in [6, 6.07) is 2.12. The van der Waals surface area contributed by atoms with Gasteiger partial charge in [-0.15, -0.1) is 0 Å². The van der Waals surface area contributed by atoms with E-state index in [4.69, 9.17) is 0 Å². The predicted molar refractivity (Wildman–Crippen MR) is 107 cm³/mol. The summed E-state index contributed by atoms with van der Waals surface area (Å²) >= 11 is 1.47. The minimum Gasteiger partial charge on any atom is -0.328 e. The molecule has 0 radical (unpaired) electrons. The number of fused-ring (bicyclic) bond motifs is 1. The molecule has 0 aliphatic carbocycles. The Morgan fingerprint density at radius 1 is 1.46 bits per heavy atom. The first-order valence-corrected chi connectivity index (χ1v) is 9.42. The van der Waals surface area contributed by atoms with Crippen molar-refractivity contribution in [3.63, 3.8) is 0 Å². The van der Waals surface area contributed by atoms with Crippen molar-refractivity contribution in [2.45, 2.75) is 19.3 Å². The summed E-state index contributed by atoms with van der Waals surface area (Å²) in [5.74, 6) is 1.23. The van der Waals surface area contributed by atoms with Crippen LogP contribution in [0.1, 0.15) is 30.7 Å². The molecule has 134 valence electrons. The van der Waals surface area contributed by atoms with Gasteiger partial charge in [-0.1, -0.05) is 6.08 Å². The van der Waals surface area contributed by atoms with Gasteiger partial charge in [-0.25, -0.2) is 9.97 Å². The van der Waals surface area contributed by atoms with Gasteiger partial charge >= 0.3 is 0 Å².